The lowest BCUT2D eigenvalue weighted by molar-refractivity contribution is -0.124. The molecular formula is C21H17ClFN5O2. The number of halogens is 2. The number of nitrogens with one attached hydrogen (secondary N) is 2. The summed E-state index contributed by atoms with van der Waals surface area (Å²) in [6, 6.07) is 10.8. The van der Waals surface area contributed by atoms with Crippen LogP contribution in [0, 0.1) is 5.95 Å². The summed E-state index contributed by atoms with van der Waals surface area (Å²) in [6.07, 6.45) is 5.12. The van der Waals surface area contributed by atoms with Gasteiger partial charge in [-0.1, -0.05) is 30.2 Å². The predicted molar refractivity (Wildman–Crippen MR) is 110 cm³/mol. The Morgan fingerprint density at radius 1 is 1.00 bits per heavy atom. The number of hydrogen-bond acceptors (Lipinski definition) is 5. The minimum absolute atomic E-state index is 0.177. The van der Waals surface area contributed by atoms with Crippen LogP contribution in [0.5, 0.6) is 0 Å². The highest BCUT2D eigenvalue weighted by atomic mass is 35.5. The highest BCUT2D eigenvalue weighted by Gasteiger charge is 2.46. The van der Waals surface area contributed by atoms with Crippen molar-refractivity contribution in [1.82, 2.24) is 15.0 Å². The average Bonchev–Trinajstić information content (AvgIpc) is 2.70. The Morgan fingerprint density at radius 3 is 2.43 bits per heavy atom. The maximum absolute atomic E-state index is 13.0. The molecule has 2 N–H and O–H groups in total. The molecule has 1 aliphatic carbocycles. The second-order valence-electron chi connectivity index (χ2n) is 6.99. The van der Waals surface area contributed by atoms with E-state index in [9.17, 15) is 14.0 Å². The van der Waals surface area contributed by atoms with Crippen LogP contribution in [0.15, 0.2) is 54.9 Å². The Bertz CT molecular complexity index is 1090. The first-order chi connectivity index (χ1) is 14.5. The van der Waals surface area contributed by atoms with Crippen LogP contribution in [0.25, 0.3) is 0 Å². The summed E-state index contributed by atoms with van der Waals surface area (Å²) in [5, 5.41) is 5.68. The number of pyridine rings is 3. The van der Waals surface area contributed by atoms with Crippen molar-refractivity contribution >= 4 is 34.9 Å². The Kier molecular flexibility index (Phi) is 5.41. The van der Waals surface area contributed by atoms with Crippen molar-refractivity contribution < 1.29 is 14.0 Å². The van der Waals surface area contributed by atoms with Crippen LogP contribution in [-0.2, 0) is 10.2 Å². The molecule has 0 atom stereocenters. The molecule has 3 aromatic rings. The van der Waals surface area contributed by atoms with Gasteiger partial charge in [0.25, 0.3) is 5.91 Å². The molecule has 4 rings (SSSR count). The number of rotatable bonds is 5. The zero-order valence-electron chi connectivity index (χ0n) is 15.7. The van der Waals surface area contributed by atoms with Crippen LogP contribution in [0.2, 0.25) is 5.15 Å². The standard InChI is InChI=1S/C21H17ClFN5O2/c22-16-4-1-3-15(27-16)19(29)28-18-8-5-13(11-25-18)21(9-2-10-21)20(30)26-14-6-7-17(23)24-12-14/h1,3-8,11-12H,2,9-10H2,(H,26,30)(H,25,28,29). The van der Waals surface area contributed by atoms with E-state index >= 15 is 0 Å². The first-order valence-electron chi connectivity index (χ1n) is 9.30. The van der Waals surface area contributed by atoms with E-state index in [2.05, 4.69) is 25.6 Å². The van der Waals surface area contributed by atoms with E-state index in [4.69, 9.17) is 11.6 Å². The lowest BCUT2D eigenvalue weighted by atomic mass is 9.64. The lowest BCUT2D eigenvalue weighted by Gasteiger charge is -2.40. The van der Waals surface area contributed by atoms with E-state index in [1.54, 1.807) is 36.5 Å². The molecule has 0 unspecified atom stereocenters. The normalized spacial score (nSPS) is 14.5. The van der Waals surface area contributed by atoms with Gasteiger partial charge in [0.15, 0.2) is 0 Å². The third kappa shape index (κ3) is 3.99. The zero-order chi connectivity index (χ0) is 21.1. The Balaban J connectivity index is 1.48. The van der Waals surface area contributed by atoms with E-state index in [1.165, 1.54) is 18.3 Å². The largest absolute Gasteiger partial charge is 0.324 e. The van der Waals surface area contributed by atoms with Gasteiger partial charge in [-0.05, 0) is 48.7 Å². The summed E-state index contributed by atoms with van der Waals surface area (Å²) in [5.74, 6) is -0.897. The topological polar surface area (TPSA) is 96.9 Å². The minimum atomic E-state index is -0.710. The average molecular weight is 426 g/mol. The molecule has 0 aromatic carbocycles. The molecule has 1 fully saturated rings. The van der Waals surface area contributed by atoms with E-state index < -0.39 is 17.3 Å². The molecule has 152 valence electrons. The van der Waals surface area contributed by atoms with Crippen molar-refractivity contribution in [3.05, 3.63) is 77.2 Å². The summed E-state index contributed by atoms with van der Waals surface area (Å²) in [6.45, 7) is 0. The van der Waals surface area contributed by atoms with Gasteiger partial charge in [0.2, 0.25) is 11.9 Å². The monoisotopic (exact) mass is 425 g/mol. The molecular weight excluding hydrogens is 409 g/mol. The van der Waals surface area contributed by atoms with Gasteiger partial charge in [0.05, 0.1) is 17.3 Å². The Morgan fingerprint density at radius 2 is 1.83 bits per heavy atom. The molecule has 3 heterocycles. The minimum Gasteiger partial charge on any atom is -0.324 e. The molecule has 0 saturated heterocycles. The lowest BCUT2D eigenvalue weighted by Crippen LogP contribution is -2.46. The zero-order valence-corrected chi connectivity index (χ0v) is 16.5. The number of carbonyl (C=O) groups excluding carboxylic acids is 2. The Hall–Kier alpha value is -3.39. The summed E-state index contributed by atoms with van der Waals surface area (Å²) in [7, 11) is 0. The molecule has 0 radical (unpaired) electrons. The maximum atomic E-state index is 13.0. The van der Waals surface area contributed by atoms with E-state index in [0.29, 0.717) is 24.3 Å². The van der Waals surface area contributed by atoms with Crippen molar-refractivity contribution in [1.29, 1.82) is 0 Å². The summed E-state index contributed by atoms with van der Waals surface area (Å²) >= 11 is 5.81. The molecule has 2 amide bonds. The molecule has 9 heteroatoms. The van der Waals surface area contributed by atoms with Crippen molar-refractivity contribution in [3.63, 3.8) is 0 Å². The summed E-state index contributed by atoms with van der Waals surface area (Å²) in [5.41, 5.74) is 0.646. The van der Waals surface area contributed by atoms with Crippen LogP contribution < -0.4 is 10.6 Å². The van der Waals surface area contributed by atoms with Gasteiger partial charge < -0.3 is 10.6 Å². The third-order valence-corrected chi connectivity index (χ3v) is 5.34. The van der Waals surface area contributed by atoms with Gasteiger partial charge in [0.1, 0.15) is 16.7 Å². The maximum Gasteiger partial charge on any atom is 0.275 e. The van der Waals surface area contributed by atoms with Gasteiger partial charge in [-0.2, -0.15) is 4.39 Å². The smallest absolute Gasteiger partial charge is 0.275 e. The highest BCUT2D eigenvalue weighted by molar-refractivity contribution is 6.29. The second kappa shape index (κ2) is 8.16. The van der Waals surface area contributed by atoms with Gasteiger partial charge in [-0.25, -0.2) is 15.0 Å². The van der Waals surface area contributed by atoms with Crippen LogP contribution in [0.1, 0.15) is 35.3 Å². The SMILES string of the molecule is O=C(Nc1ccc(C2(C(=O)Nc3ccc(F)nc3)CCC2)cn1)c1cccc(Cl)n1. The van der Waals surface area contributed by atoms with Gasteiger partial charge in [0, 0.05) is 6.20 Å². The van der Waals surface area contributed by atoms with Gasteiger partial charge >= 0.3 is 0 Å². The van der Waals surface area contributed by atoms with E-state index in [1.807, 2.05) is 0 Å². The van der Waals surface area contributed by atoms with Crippen LogP contribution in [0.3, 0.4) is 0 Å². The fourth-order valence-electron chi connectivity index (χ4n) is 3.34. The van der Waals surface area contributed by atoms with Gasteiger partial charge in [-0.15, -0.1) is 0 Å². The molecule has 0 aliphatic heterocycles. The highest BCUT2D eigenvalue weighted by Crippen LogP contribution is 2.44. The first-order valence-corrected chi connectivity index (χ1v) is 9.67. The molecule has 0 bridgehead atoms. The predicted octanol–water partition coefficient (Wildman–Crippen LogP) is 3.98. The molecule has 0 spiro atoms. The molecule has 1 saturated carbocycles. The fourth-order valence-corrected chi connectivity index (χ4v) is 3.51. The van der Waals surface area contributed by atoms with E-state index in [0.717, 1.165) is 12.0 Å². The number of hydrogen-bond donors (Lipinski definition) is 2. The number of anilines is 2. The third-order valence-electron chi connectivity index (χ3n) is 5.13. The summed E-state index contributed by atoms with van der Waals surface area (Å²) in [4.78, 5) is 37.0. The molecule has 1 aliphatic rings. The number of carbonyl (C=O) groups is 2. The molecule has 3 aromatic heterocycles. The molecule has 7 nitrogen and oxygen atoms in total. The quantitative estimate of drug-likeness (QED) is 0.603. The van der Waals surface area contributed by atoms with Crippen LogP contribution in [0.4, 0.5) is 15.9 Å². The van der Waals surface area contributed by atoms with Crippen molar-refractivity contribution in [2.24, 2.45) is 0 Å². The van der Waals surface area contributed by atoms with E-state index in [-0.39, 0.29) is 16.8 Å². The number of nitrogens with zero attached hydrogens (tertiary/aromatic N) is 3. The van der Waals surface area contributed by atoms with Crippen molar-refractivity contribution in [3.8, 4) is 0 Å². The van der Waals surface area contributed by atoms with Crippen LogP contribution in [-0.4, -0.2) is 26.8 Å². The summed E-state index contributed by atoms with van der Waals surface area (Å²) < 4.78 is 13.0. The Labute approximate surface area is 176 Å². The molecule has 30 heavy (non-hydrogen) atoms. The number of aromatic nitrogens is 3. The second-order valence-corrected chi connectivity index (χ2v) is 7.38. The first kappa shape index (κ1) is 19.9. The number of amides is 2. The van der Waals surface area contributed by atoms with Gasteiger partial charge in [-0.3, -0.25) is 9.59 Å². The van der Waals surface area contributed by atoms with Crippen LogP contribution >= 0.6 is 11.6 Å². The van der Waals surface area contributed by atoms with Crippen molar-refractivity contribution in [2.75, 3.05) is 10.6 Å². The van der Waals surface area contributed by atoms with Crippen molar-refractivity contribution in [2.45, 2.75) is 24.7 Å². The fraction of sp³-hybridized carbons (Fsp3) is 0.190.